The average Bonchev–Trinajstić information content (AvgIpc) is 2.60. The number of hydrogen-bond acceptors (Lipinski definition) is 4. The lowest BCUT2D eigenvalue weighted by Crippen LogP contribution is -2.34. The monoisotopic (exact) mass is 390 g/mol. The topological polar surface area (TPSA) is 113 Å². The smallest absolute Gasteiger partial charge is 0.305 e. The van der Waals surface area contributed by atoms with E-state index in [0.29, 0.717) is 5.56 Å². The lowest BCUT2D eigenvalue weighted by Gasteiger charge is -2.14. The third-order valence-corrected chi connectivity index (χ3v) is 5.33. The van der Waals surface area contributed by atoms with Gasteiger partial charge < -0.3 is 10.4 Å². The minimum Gasteiger partial charge on any atom is -0.481 e. The lowest BCUT2D eigenvalue weighted by molar-refractivity contribution is -0.137. The summed E-state index contributed by atoms with van der Waals surface area (Å²) >= 11 is 0. The number of nitrogens with one attached hydrogen (secondary N) is 2. The average molecular weight is 390 g/mol. The number of carboxylic acid groups (broad SMARTS) is 1. The van der Waals surface area contributed by atoms with Crippen LogP contribution in [0, 0.1) is 6.92 Å². The van der Waals surface area contributed by atoms with Crippen LogP contribution in [-0.4, -0.2) is 31.4 Å². The number of hydrogen-bond donors (Lipinski definition) is 3. The van der Waals surface area contributed by atoms with Gasteiger partial charge in [0.05, 0.1) is 11.3 Å². The third kappa shape index (κ3) is 5.90. The molecule has 0 fully saturated rings. The zero-order chi connectivity index (χ0) is 20.0. The first-order chi connectivity index (χ1) is 12.7. The maximum Gasteiger partial charge on any atom is 0.305 e. The van der Waals surface area contributed by atoms with Crippen molar-refractivity contribution in [1.82, 2.24) is 10.0 Å². The highest BCUT2D eigenvalue weighted by molar-refractivity contribution is 7.89. The molecule has 0 aromatic heterocycles. The van der Waals surface area contributed by atoms with Crippen LogP contribution in [0.4, 0.5) is 0 Å². The van der Waals surface area contributed by atoms with Crippen molar-refractivity contribution in [3.63, 3.8) is 0 Å². The van der Waals surface area contributed by atoms with Gasteiger partial charge in [-0.05, 0) is 37.1 Å². The molecule has 0 spiro atoms. The molecular weight excluding hydrogens is 368 g/mol. The molecule has 2 rings (SSSR count). The quantitative estimate of drug-likeness (QED) is 0.639. The van der Waals surface area contributed by atoms with E-state index in [1.807, 2.05) is 18.2 Å². The summed E-state index contributed by atoms with van der Waals surface area (Å²) < 4.78 is 27.6. The van der Waals surface area contributed by atoms with Crippen LogP contribution in [0.15, 0.2) is 53.4 Å². The zero-order valence-corrected chi connectivity index (χ0v) is 15.9. The number of aliphatic carboxylic acids is 1. The molecule has 2 aromatic rings. The van der Waals surface area contributed by atoms with Crippen LogP contribution >= 0.6 is 0 Å². The number of carbonyl (C=O) groups is 2. The van der Waals surface area contributed by atoms with Crippen molar-refractivity contribution >= 4 is 21.9 Å². The number of carbonyl (C=O) groups excluding carboxylic acids is 1. The second-order valence-corrected chi connectivity index (χ2v) is 8.03. The Bertz CT molecular complexity index is 926. The first-order valence-electron chi connectivity index (χ1n) is 8.36. The number of sulfonamides is 1. The van der Waals surface area contributed by atoms with E-state index in [2.05, 4.69) is 10.0 Å². The van der Waals surface area contributed by atoms with Gasteiger partial charge in [0.15, 0.2) is 0 Å². The van der Waals surface area contributed by atoms with Gasteiger partial charge in [-0.1, -0.05) is 36.4 Å². The van der Waals surface area contributed by atoms with Gasteiger partial charge in [0.1, 0.15) is 0 Å². The summed E-state index contributed by atoms with van der Waals surface area (Å²) in [5.74, 6) is -1.54. The molecule has 1 unspecified atom stereocenters. The predicted molar refractivity (Wildman–Crippen MR) is 101 cm³/mol. The Labute approximate surface area is 158 Å². The predicted octanol–water partition coefficient (Wildman–Crippen LogP) is 2.07. The van der Waals surface area contributed by atoms with Crippen molar-refractivity contribution in [1.29, 1.82) is 0 Å². The highest BCUT2D eigenvalue weighted by Gasteiger charge is 2.19. The van der Waals surface area contributed by atoms with Crippen LogP contribution in [0.5, 0.6) is 0 Å². The number of benzene rings is 2. The fraction of sp³-hybridized carbons (Fsp3) is 0.263. The van der Waals surface area contributed by atoms with Crippen molar-refractivity contribution < 1.29 is 23.1 Å². The number of rotatable bonds is 8. The molecule has 0 aliphatic rings. The molecule has 1 atom stereocenters. The Morgan fingerprint density at radius 2 is 1.78 bits per heavy atom. The number of carboxylic acids is 1. The van der Waals surface area contributed by atoms with Gasteiger partial charge in [0, 0.05) is 18.2 Å². The van der Waals surface area contributed by atoms with Crippen LogP contribution in [0.1, 0.15) is 34.8 Å². The van der Waals surface area contributed by atoms with Crippen LogP contribution in [0.2, 0.25) is 0 Å². The Balaban J connectivity index is 2.17. The van der Waals surface area contributed by atoms with E-state index in [1.54, 1.807) is 32.0 Å². The minimum absolute atomic E-state index is 0.0277. The molecule has 0 aliphatic heterocycles. The second kappa shape index (κ2) is 8.79. The van der Waals surface area contributed by atoms with E-state index in [1.165, 1.54) is 12.1 Å². The van der Waals surface area contributed by atoms with E-state index in [9.17, 15) is 18.0 Å². The van der Waals surface area contributed by atoms with Crippen molar-refractivity contribution in [2.45, 2.75) is 37.8 Å². The van der Waals surface area contributed by atoms with E-state index in [4.69, 9.17) is 5.11 Å². The molecule has 0 radical (unpaired) electrons. The largest absolute Gasteiger partial charge is 0.481 e. The van der Waals surface area contributed by atoms with E-state index >= 15 is 0 Å². The Morgan fingerprint density at radius 3 is 2.41 bits per heavy atom. The zero-order valence-electron chi connectivity index (χ0n) is 15.1. The van der Waals surface area contributed by atoms with Gasteiger partial charge in [-0.15, -0.1) is 0 Å². The Kier molecular flexibility index (Phi) is 6.70. The molecule has 7 nitrogen and oxygen atoms in total. The Hall–Kier alpha value is -2.71. The normalized spacial score (nSPS) is 12.4. The summed E-state index contributed by atoms with van der Waals surface area (Å²) in [6.45, 7) is 3.39. The summed E-state index contributed by atoms with van der Waals surface area (Å²) in [7, 11) is -3.80. The van der Waals surface area contributed by atoms with Gasteiger partial charge >= 0.3 is 5.97 Å². The van der Waals surface area contributed by atoms with E-state index in [-0.39, 0.29) is 23.4 Å². The van der Waals surface area contributed by atoms with Gasteiger partial charge in [0.25, 0.3) is 5.91 Å². The standard InChI is InChI=1S/C19H22N2O5S/c1-13-8-9-16(11-17(13)19(24)21-14(2)10-18(22)23)27(25,26)20-12-15-6-4-3-5-7-15/h3-9,11,14,20H,10,12H2,1-2H3,(H,21,24)(H,22,23). The molecule has 27 heavy (non-hydrogen) atoms. The molecule has 3 N–H and O–H groups in total. The number of amides is 1. The van der Waals surface area contributed by atoms with Crippen molar-refractivity contribution in [2.24, 2.45) is 0 Å². The summed E-state index contributed by atoms with van der Waals surface area (Å²) in [4.78, 5) is 23.1. The van der Waals surface area contributed by atoms with Crippen LogP contribution in [-0.2, 0) is 21.4 Å². The molecule has 0 heterocycles. The summed E-state index contributed by atoms with van der Waals surface area (Å²) in [5, 5.41) is 11.4. The lowest BCUT2D eigenvalue weighted by atomic mass is 10.1. The second-order valence-electron chi connectivity index (χ2n) is 6.26. The van der Waals surface area contributed by atoms with Gasteiger partial charge in [-0.3, -0.25) is 9.59 Å². The highest BCUT2D eigenvalue weighted by Crippen LogP contribution is 2.16. The van der Waals surface area contributed by atoms with E-state index < -0.39 is 27.9 Å². The molecule has 0 aliphatic carbocycles. The van der Waals surface area contributed by atoms with Gasteiger partial charge in [-0.2, -0.15) is 0 Å². The SMILES string of the molecule is Cc1ccc(S(=O)(=O)NCc2ccccc2)cc1C(=O)NC(C)CC(=O)O. The van der Waals surface area contributed by atoms with Gasteiger partial charge in [-0.25, -0.2) is 13.1 Å². The summed E-state index contributed by atoms with van der Waals surface area (Å²) in [6, 6.07) is 12.8. The first-order valence-corrected chi connectivity index (χ1v) is 9.84. The minimum atomic E-state index is -3.80. The molecule has 0 saturated carbocycles. The summed E-state index contributed by atoms with van der Waals surface area (Å²) in [5.41, 5.74) is 1.60. The van der Waals surface area contributed by atoms with Crippen molar-refractivity contribution in [3.8, 4) is 0 Å². The fourth-order valence-electron chi connectivity index (χ4n) is 2.48. The molecular formula is C19H22N2O5S. The Morgan fingerprint density at radius 1 is 1.11 bits per heavy atom. The van der Waals surface area contributed by atoms with Crippen molar-refractivity contribution in [3.05, 3.63) is 65.2 Å². The van der Waals surface area contributed by atoms with Crippen LogP contribution < -0.4 is 10.0 Å². The maximum atomic E-state index is 12.5. The molecule has 0 saturated heterocycles. The third-order valence-electron chi connectivity index (χ3n) is 3.93. The summed E-state index contributed by atoms with van der Waals surface area (Å²) in [6.07, 6.45) is -0.221. The molecule has 8 heteroatoms. The first kappa shape index (κ1) is 20.6. The van der Waals surface area contributed by atoms with E-state index in [0.717, 1.165) is 5.56 Å². The highest BCUT2D eigenvalue weighted by atomic mass is 32.2. The fourth-order valence-corrected chi connectivity index (χ4v) is 3.53. The molecule has 0 bridgehead atoms. The number of aryl methyl sites for hydroxylation is 1. The van der Waals surface area contributed by atoms with Gasteiger partial charge in [0.2, 0.25) is 10.0 Å². The van der Waals surface area contributed by atoms with Crippen LogP contribution in [0.3, 0.4) is 0 Å². The molecule has 144 valence electrons. The molecule has 1 amide bonds. The maximum absolute atomic E-state index is 12.5. The molecule has 2 aromatic carbocycles. The van der Waals surface area contributed by atoms with Crippen molar-refractivity contribution in [2.75, 3.05) is 0 Å². The van der Waals surface area contributed by atoms with Crippen LogP contribution in [0.25, 0.3) is 0 Å².